The number of hydrogen-bond donors (Lipinski definition) is 3. The molecule has 0 atom stereocenters. The van der Waals surface area contributed by atoms with Crippen molar-refractivity contribution in [2.24, 2.45) is 0 Å². The first kappa shape index (κ1) is 10.0. The Morgan fingerprint density at radius 1 is 1.19 bits per heavy atom. The Kier molecular flexibility index (Phi) is 2.24. The van der Waals surface area contributed by atoms with Gasteiger partial charge in [0.2, 0.25) is 5.88 Å². The van der Waals surface area contributed by atoms with E-state index in [2.05, 4.69) is 5.10 Å². The van der Waals surface area contributed by atoms with E-state index in [1.807, 2.05) is 0 Å². The van der Waals surface area contributed by atoms with Crippen LogP contribution in [-0.2, 0) is 0 Å². The van der Waals surface area contributed by atoms with Crippen LogP contribution < -0.4 is 5.56 Å². The molecule has 0 fully saturated rings. The topological polar surface area (TPSA) is 95.3 Å². The molecule has 0 amide bonds. The normalized spacial score (nSPS) is 10.2. The van der Waals surface area contributed by atoms with Gasteiger partial charge in [-0.25, -0.2) is 4.68 Å². The van der Waals surface area contributed by atoms with Gasteiger partial charge in [-0.05, 0) is 24.3 Å². The molecule has 6 nitrogen and oxygen atoms in total. The second-order valence-corrected chi connectivity index (χ2v) is 3.15. The summed E-state index contributed by atoms with van der Waals surface area (Å²) in [6.45, 7) is 0. The van der Waals surface area contributed by atoms with Crippen LogP contribution in [0.4, 0.5) is 0 Å². The van der Waals surface area contributed by atoms with Crippen LogP contribution in [0.3, 0.4) is 0 Å². The highest BCUT2D eigenvalue weighted by Crippen LogP contribution is 2.18. The molecule has 16 heavy (non-hydrogen) atoms. The zero-order valence-corrected chi connectivity index (χ0v) is 8.04. The lowest BCUT2D eigenvalue weighted by Crippen LogP contribution is -2.06. The lowest BCUT2D eigenvalue weighted by atomic mass is 10.3. The molecule has 0 saturated carbocycles. The van der Waals surface area contributed by atoms with Gasteiger partial charge in [-0.2, -0.15) is 0 Å². The van der Waals surface area contributed by atoms with E-state index in [-0.39, 0.29) is 17.6 Å². The zero-order chi connectivity index (χ0) is 11.7. The quantitative estimate of drug-likeness (QED) is 0.638. The molecule has 6 heteroatoms. The molecule has 0 saturated heterocycles. The highest BCUT2D eigenvalue weighted by molar-refractivity contribution is 5.77. The number of phenolic OH excluding ortho intramolecular Hbond substituents is 1. The number of benzene rings is 1. The third-order valence-electron chi connectivity index (χ3n) is 2.14. The number of phenols is 1. The standard InChI is InChI=1S/C10H8N2O4/c13-5-8-9(15)11-12(10(8)16)6-1-3-7(14)4-2-6/h1-5,14,16H,(H,11,15). The maximum absolute atomic E-state index is 11.2. The number of nitrogens with zero attached hydrogens (tertiary/aromatic N) is 1. The van der Waals surface area contributed by atoms with Crippen molar-refractivity contribution in [3.8, 4) is 17.3 Å². The summed E-state index contributed by atoms with van der Waals surface area (Å²) in [4.78, 5) is 21.7. The molecule has 0 radical (unpaired) electrons. The Morgan fingerprint density at radius 3 is 2.31 bits per heavy atom. The molecule has 0 aliphatic carbocycles. The predicted molar refractivity (Wildman–Crippen MR) is 55.1 cm³/mol. The first-order chi connectivity index (χ1) is 7.63. The monoisotopic (exact) mass is 220 g/mol. The van der Waals surface area contributed by atoms with E-state index in [4.69, 9.17) is 5.11 Å². The van der Waals surface area contributed by atoms with Crippen LogP contribution in [-0.4, -0.2) is 26.3 Å². The number of hydrogen-bond acceptors (Lipinski definition) is 4. The van der Waals surface area contributed by atoms with Crippen LogP contribution in [0, 0.1) is 0 Å². The van der Waals surface area contributed by atoms with Crippen molar-refractivity contribution in [2.45, 2.75) is 0 Å². The Morgan fingerprint density at radius 2 is 1.81 bits per heavy atom. The van der Waals surface area contributed by atoms with E-state index < -0.39 is 11.4 Å². The van der Waals surface area contributed by atoms with Crippen molar-refractivity contribution in [3.63, 3.8) is 0 Å². The number of aromatic nitrogens is 2. The van der Waals surface area contributed by atoms with Crippen LogP contribution in [0.5, 0.6) is 11.6 Å². The average molecular weight is 220 g/mol. The van der Waals surface area contributed by atoms with Gasteiger partial charge < -0.3 is 10.2 Å². The minimum absolute atomic E-state index is 0.0633. The third kappa shape index (κ3) is 1.46. The van der Waals surface area contributed by atoms with E-state index >= 15 is 0 Å². The van der Waals surface area contributed by atoms with Crippen LogP contribution >= 0.6 is 0 Å². The molecule has 0 aliphatic rings. The van der Waals surface area contributed by atoms with Crippen LogP contribution in [0.2, 0.25) is 0 Å². The second-order valence-electron chi connectivity index (χ2n) is 3.15. The van der Waals surface area contributed by atoms with Crippen molar-refractivity contribution in [1.29, 1.82) is 0 Å². The highest BCUT2D eigenvalue weighted by Gasteiger charge is 2.13. The van der Waals surface area contributed by atoms with Crippen molar-refractivity contribution >= 4 is 6.29 Å². The predicted octanol–water partition coefficient (Wildman–Crippen LogP) is 0.389. The molecule has 0 unspecified atom stereocenters. The molecule has 0 aliphatic heterocycles. The SMILES string of the molecule is O=Cc1c(O)n(-c2ccc(O)cc2)[nH]c1=O. The molecular weight excluding hydrogens is 212 g/mol. The largest absolute Gasteiger partial charge is 0.508 e. The van der Waals surface area contributed by atoms with Gasteiger partial charge in [-0.15, -0.1) is 0 Å². The minimum Gasteiger partial charge on any atom is -0.508 e. The molecule has 1 aromatic heterocycles. The summed E-state index contributed by atoms with van der Waals surface area (Å²) in [6, 6.07) is 5.76. The highest BCUT2D eigenvalue weighted by atomic mass is 16.3. The number of carbonyl (C=O) groups is 1. The summed E-state index contributed by atoms with van der Waals surface area (Å²) in [5.41, 5.74) is -0.561. The van der Waals surface area contributed by atoms with Crippen molar-refractivity contribution in [1.82, 2.24) is 9.78 Å². The Hall–Kier alpha value is -2.50. The molecule has 0 bridgehead atoms. The summed E-state index contributed by atoms with van der Waals surface area (Å²) in [5.74, 6) is -0.390. The van der Waals surface area contributed by atoms with Gasteiger partial charge in [-0.3, -0.25) is 14.7 Å². The van der Waals surface area contributed by atoms with Crippen molar-refractivity contribution < 1.29 is 15.0 Å². The fraction of sp³-hybridized carbons (Fsp3) is 0. The van der Waals surface area contributed by atoms with E-state index in [0.29, 0.717) is 5.69 Å². The lowest BCUT2D eigenvalue weighted by molar-refractivity contribution is 0.112. The van der Waals surface area contributed by atoms with Gasteiger partial charge in [-0.1, -0.05) is 0 Å². The number of H-pyrrole nitrogens is 1. The van der Waals surface area contributed by atoms with Gasteiger partial charge in [0.05, 0.1) is 5.69 Å². The first-order valence-electron chi connectivity index (χ1n) is 4.42. The van der Waals surface area contributed by atoms with Gasteiger partial charge in [0.15, 0.2) is 6.29 Å². The van der Waals surface area contributed by atoms with Crippen LogP contribution in [0.15, 0.2) is 29.1 Å². The van der Waals surface area contributed by atoms with Gasteiger partial charge in [0.1, 0.15) is 11.3 Å². The van der Waals surface area contributed by atoms with Crippen molar-refractivity contribution in [2.75, 3.05) is 0 Å². The zero-order valence-electron chi connectivity index (χ0n) is 8.04. The Bertz CT molecular complexity index is 580. The summed E-state index contributed by atoms with van der Waals surface area (Å²) in [5, 5.41) is 20.9. The third-order valence-corrected chi connectivity index (χ3v) is 2.14. The summed E-state index contributed by atoms with van der Waals surface area (Å²) >= 11 is 0. The molecule has 82 valence electrons. The van der Waals surface area contributed by atoms with E-state index in [9.17, 15) is 14.7 Å². The first-order valence-corrected chi connectivity index (χ1v) is 4.42. The number of rotatable bonds is 2. The fourth-order valence-electron chi connectivity index (χ4n) is 1.33. The smallest absolute Gasteiger partial charge is 0.279 e. The van der Waals surface area contributed by atoms with Gasteiger partial charge in [0.25, 0.3) is 5.56 Å². The number of aldehydes is 1. The summed E-state index contributed by atoms with van der Waals surface area (Å²) in [7, 11) is 0. The van der Waals surface area contributed by atoms with Crippen LogP contribution in [0.1, 0.15) is 10.4 Å². The number of carbonyl (C=O) groups excluding carboxylic acids is 1. The number of nitrogens with one attached hydrogen (secondary N) is 1. The van der Waals surface area contributed by atoms with E-state index in [1.54, 1.807) is 0 Å². The van der Waals surface area contributed by atoms with Gasteiger partial charge >= 0.3 is 0 Å². The van der Waals surface area contributed by atoms with Crippen LogP contribution in [0.25, 0.3) is 5.69 Å². The molecule has 1 aromatic carbocycles. The fourth-order valence-corrected chi connectivity index (χ4v) is 1.33. The Labute approximate surface area is 89.4 Å². The molecule has 0 spiro atoms. The summed E-state index contributed by atoms with van der Waals surface area (Å²) < 4.78 is 1.06. The number of aromatic hydroxyl groups is 2. The van der Waals surface area contributed by atoms with Crippen molar-refractivity contribution in [3.05, 3.63) is 40.2 Å². The van der Waals surface area contributed by atoms with E-state index in [0.717, 1.165) is 4.68 Å². The maximum atomic E-state index is 11.2. The molecule has 3 N–H and O–H groups in total. The minimum atomic E-state index is -0.666. The average Bonchev–Trinajstić information content (AvgIpc) is 2.55. The maximum Gasteiger partial charge on any atom is 0.279 e. The Balaban J connectivity index is 2.61. The molecule has 2 rings (SSSR count). The van der Waals surface area contributed by atoms with E-state index in [1.165, 1.54) is 24.3 Å². The number of aromatic amines is 1. The molecular formula is C10H8N2O4. The summed E-state index contributed by atoms with van der Waals surface area (Å²) in [6.07, 6.45) is 0.283. The van der Waals surface area contributed by atoms with Gasteiger partial charge in [0, 0.05) is 0 Å². The molecule has 2 aromatic rings. The second kappa shape index (κ2) is 3.58. The molecule has 1 heterocycles. The lowest BCUT2D eigenvalue weighted by Gasteiger charge is -2.03.